The number of benzene rings is 1. The maximum absolute atomic E-state index is 12.2. The van der Waals surface area contributed by atoms with E-state index in [1.807, 2.05) is 30.5 Å². The summed E-state index contributed by atoms with van der Waals surface area (Å²) in [6.07, 6.45) is 1.82. The third kappa shape index (κ3) is 4.23. The Morgan fingerprint density at radius 3 is 2.65 bits per heavy atom. The fraction of sp³-hybridized carbons (Fsp3) is 0.0667. The molecule has 0 atom stereocenters. The number of anilines is 1. The molecule has 0 aliphatic carbocycles. The number of hydrogen-bond acceptors (Lipinski definition) is 3. The van der Waals surface area contributed by atoms with Crippen molar-refractivity contribution in [3.8, 4) is 0 Å². The van der Waals surface area contributed by atoms with Gasteiger partial charge in [0.25, 0.3) is 5.91 Å². The normalized spacial score (nSPS) is 10.7. The second kappa shape index (κ2) is 7.17. The predicted octanol–water partition coefficient (Wildman–Crippen LogP) is 5.42. The minimum Gasteiger partial charge on any atom is -0.304 e. The zero-order valence-electron chi connectivity index (χ0n) is 11.6. The molecule has 0 radical (unpaired) electrons. The predicted molar refractivity (Wildman–Crippen MR) is 100 cm³/mol. The van der Waals surface area contributed by atoms with E-state index in [1.54, 1.807) is 16.8 Å². The van der Waals surface area contributed by atoms with Crippen molar-refractivity contribution in [2.24, 2.45) is 0 Å². The summed E-state index contributed by atoms with van der Waals surface area (Å²) < 4.78 is 3.51. The van der Waals surface area contributed by atoms with Crippen LogP contribution in [0.4, 0.5) is 5.82 Å². The number of nitrogens with zero attached hydrogens (tertiary/aromatic N) is 2. The lowest BCUT2D eigenvalue weighted by molar-refractivity contribution is 0.103. The lowest BCUT2D eigenvalue weighted by Gasteiger charge is -2.02. The minimum absolute atomic E-state index is 0.182. The highest BCUT2D eigenvalue weighted by atomic mass is 79.9. The van der Waals surface area contributed by atoms with Crippen molar-refractivity contribution in [3.05, 3.63) is 66.3 Å². The van der Waals surface area contributed by atoms with Crippen molar-refractivity contribution < 1.29 is 4.79 Å². The van der Waals surface area contributed by atoms with Crippen molar-refractivity contribution in [2.75, 3.05) is 5.32 Å². The standard InChI is InChI=1S/C15H10Br2ClN3OS/c16-11-7-12(23-14(11)17)15(22)19-13-5-6-21(20-13)8-9-1-3-10(18)4-2-9/h1-7H,8H2,(H,19,20,22). The van der Waals surface area contributed by atoms with Gasteiger partial charge in [-0.25, -0.2) is 0 Å². The Bertz CT molecular complexity index is 825. The first-order valence-corrected chi connectivity index (χ1v) is 9.33. The number of amides is 1. The van der Waals surface area contributed by atoms with Gasteiger partial charge in [-0.1, -0.05) is 23.7 Å². The Labute approximate surface area is 158 Å². The Hall–Kier alpha value is -1.15. The number of aromatic nitrogens is 2. The molecule has 3 aromatic rings. The number of nitrogens with one attached hydrogen (secondary N) is 1. The zero-order valence-corrected chi connectivity index (χ0v) is 16.3. The van der Waals surface area contributed by atoms with Crippen molar-refractivity contribution in [1.29, 1.82) is 0 Å². The zero-order chi connectivity index (χ0) is 16.4. The maximum atomic E-state index is 12.2. The Balaban J connectivity index is 1.67. The molecule has 0 aliphatic rings. The molecular weight excluding hydrogens is 466 g/mol. The first-order valence-electron chi connectivity index (χ1n) is 6.55. The SMILES string of the molecule is O=C(Nc1ccn(Cc2ccc(Cl)cc2)n1)c1cc(Br)c(Br)s1. The van der Waals surface area contributed by atoms with Gasteiger partial charge < -0.3 is 5.32 Å². The molecular formula is C15H10Br2ClN3OS. The molecule has 0 fully saturated rings. The molecule has 0 aliphatic heterocycles. The van der Waals surface area contributed by atoms with Crippen LogP contribution in [0.25, 0.3) is 0 Å². The van der Waals surface area contributed by atoms with E-state index in [0.717, 1.165) is 13.8 Å². The number of carbonyl (C=O) groups is 1. The largest absolute Gasteiger partial charge is 0.304 e. The molecule has 3 rings (SSSR count). The van der Waals surface area contributed by atoms with Gasteiger partial charge in [0.2, 0.25) is 0 Å². The van der Waals surface area contributed by atoms with E-state index in [1.165, 1.54) is 11.3 Å². The van der Waals surface area contributed by atoms with E-state index in [2.05, 4.69) is 42.3 Å². The van der Waals surface area contributed by atoms with Crippen molar-refractivity contribution in [2.45, 2.75) is 6.54 Å². The van der Waals surface area contributed by atoms with Gasteiger partial charge in [-0.05, 0) is 55.6 Å². The van der Waals surface area contributed by atoms with Crippen LogP contribution in [0.2, 0.25) is 5.02 Å². The van der Waals surface area contributed by atoms with E-state index in [9.17, 15) is 4.79 Å². The van der Waals surface area contributed by atoms with Gasteiger partial charge in [0.05, 0.1) is 15.2 Å². The summed E-state index contributed by atoms with van der Waals surface area (Å²) in [5.74, 6) is 0.336. The summed E-state index contributed by atoms with van der Waals surface area (Å²) in [5, 5.41) is 7.85. The molecule has 1 N–H and O–H groups in total. The highest BCUT2D eigenvalue weighted by Crippen LogP contribution is 2.32. The lowest BCUT2D eigenvalue weighted by Crippen LogP contribution is -2.11. The summed E-state index contributed by atoms with van der Waals surface area (Å²) in [4.78, 5) is 12.8. The first kappa shape index (κ1) is 16.7. The van der Waals surface area contributed by atoms with E-state index < -0.39 is 0 Å². The van der Waals surface area contributed by atoms with Gasteiger partial charge in [-0.2, -0.15) is 5.10 Å². The molecule has 2 aromatic heterocycles. The molecule has 4 nitrogen and oxygen atoms in total. The van der Waals surface area contributed by atoms with Crippen molar-refractivity contribution in [3.63, 3.8) is 0 Å². The van der Waals surface area contributed by atoms with Crippen LogP contribution < -0.4 is 5.32 Å². The van der Waals surface area contributed by atoms with Crippen molar-refractivity contribution >= 4 is 66.5 Å². The first-order chi connectivity index (χ1) is 11.0. The molecule has 118 valence electrons. The third-order valence-electron chi connectivity index (χ3n) is 3.01. The molecule has 1 amide bonds. The molecule has 1 aromatic carbocycles. The van der Waals surface area contributed by atoms with Crippen LogP contribution in [0.3, 0.4) is 0 Å². The third-order valence-corrected chi connectivity index (χ3v) is 6.52. The van der Waals surface area contributed by atoms with Crippen LogP contribution >= 0.6 is 54.8 Å². The van der Waals surface area contributed by atoms with Crippen LogP contribution in [-0.2, 0) is 6.54 Å². The Kier molecular flexibility index (Phi) is 5.21. The van der Waals surface area contributed by atoms with Crippen LogP contribution in [0.1, 0.15) is 15.2 Å². The average Bonchev–Trinajstić information content (AvgIpc) is 3.09. The number of hydrogen-bond donors (Lipinski definition) is 1. The molecule has 0 spiro atoms. The highest BCUT2D eigenvalue weighted by Gasteiger charge is 2.13. The summed E-state index contributed by atoms with van der Waals surface area (Å²) >= 11 is 14.0. The van der Waals surface area contributed by atoms with E-state index in [4.69, 9.17) is 11.6 Å². The van der Waals surface area contributed by atoms with Gasteiger partial charge in [0.15, 0.2) is 5.82 Å². The van der Waals surface area contributed by atoms with E-state index in [0.29, 0.717) is 22.3 Å². The summed E-state index contributed by atoms with van der Waals surface area (Å²) in [6, 6.07) is 11.1. The van der Waals surface area contributed by atoms with Crippen LogP contribution in [0, 0.1) is 0 Å². The van der Waals surface area contributed by atoms with Gasteiger partial charge in [0, 0.05) is 21.8 Å². The molecule has 0 bridgehead atoms. The smallest absolute Gasteiger partial charge is 0.267 e. The number of carbonyl (C=O) groups excluding carboxylic acids is 1. The summed E-state index contributed by atoms with van der Waals surface area (Å²) in [7, 11) is 0. The molecule has 8 heteroatoms. The van der Waals surface area contributed by atoms with Crippen LogP contribution in [-0.4, -0.2) is 15.7 Å². The van der Waals surface area contributed by atoms with Gasteiger partial charge in [0.1, 0.15) is 0 Å². The van der Waals surface area contributed by atoms with E-state index >= 15 is 0 Å². The quantitative estimate of drug-likeness (QED) is 0.548. The summed E-state index contributed by atoms with van der Waals surface area (Å²) in [5.41, 5.74) is 1.08. The molecule has 23 heavy (non-hydrogen) atoms. The van der Waals surface area contributed by atoms with Crippen LogP contribution in [0.15, 0.2) is 50.9 Å². The lowest BCUT2D eigenvalue weighted by atomic mass is 10.2. The second-order valence-corrected chi connectivity index (χ2v) is 8.37. The highest BCUT2D eigenvalue weighted by molar-refractivity contribution is 9.13. The average molecular weight is 476 g/mol. The van der Waals surface area contributed by atoms with Crippen LogP contribution in [0.5, 0.6) is 0 Å². The number of rotatable bonds is 4. The molecule has 0 saturated carbocycles. The van der Waals surface area contributed by atoms with Crippen molar-refractivity contribution in [1.82, 2.24) is 9.78 Å². The fourth-order valence-corrected chi connectivity index (χ4v) is 3.99. The van der Waals surface area contributed by atoms with Gasteiger partial charge >= 0.3 is 0 Å². The maximum Gasteiger partial charge on any atom is 0.267 e. The fourth-order valence-electron chi connectivity index (χ4n) is 1.93. The number of thiophene rings is 1. The summed E-state index contributed by atoms with van der Waals surface area (Å²) in [6.45, 7) is 0.614. The minimum atomic E-state index is -0.182. The van der Waals surface area contributed by atoms with Gasteiger partial charge in [-0.15, -0.1) is 11.3 Å². The Morgan fingerprint density at radius 2 is 2.00 bits per heavy atom. The molecule has 0 saturated heterocycles. The molecule has 0 unspecified atom stereocenters. The molecule has 2 heterocycles. The number of halogens is 3. The van der Waals surface area contributed by atoms with Gasteiger partial charge in [-0.3, -0.25) is 9.48 Å². The second-order valence-electron chi connectivity index (χ2n) is 4.71. The Morgan fingerprint density at radius 1 is 1.26 bits per heavy atom. The monoisotopic (exact) mass is 473 g/mol. The topological polar surface area (TPSA) is 46.9 Å². The van der Waals surface area contributed by atoms with E-state index in [-0.39, 0.29) is 5.91 Å².